The molecule has 3 aromatic rings. The first kappa shape index (κ1) is 24.6. The highest BCUT2D eigenvalue weighted by Crippen LogP contribution is 2.46. The predicted octanol–water partition coefficient (Wildman–Crippen LogP) is 7.57. The molecule has 0 saturated heterocycles. The molecule has 2 aromatic heterocycles. The molecular weight excluding hydrogens is 464 g/mol. The molecule has 0 fully saturated rings. The summed E-state index contributed by atoms with van der Waals surface area (Å²) in [6, 6.07) is 6.09. The Labute approximate surface area is 210 Å². The zero-order chi connectivity index (χ0) is 24.6. The van der Waals surface area contributed by atoms with Gasteiger partial charge in [0, 0.05) is 27.8 Å². The molecule has 0 atom stereocenters. The van der Waals surface area contributed by atoms with E-state index >= 15 is 0 Å². The lowest BCUT2D eigenvalue weighted by Crippen LogP contribution is -2.15. The van der Waals surface area contributed by atoms with Gasteiger partial charge in [0.15, 0.2) is 0 Å². The van der Waals surface area contributed by atoms with Gasteiger partial charge in [-0.1, -0.05) is 40.7 Å². The van der Waals surface area contributed by atoms with Gasteiger partial charge in [-0.15, -0.1) is 11.8 Å². The van der Waals surface area contributed by atoms with Gasteiger partial charge in [0.1, 0.15) is 23.8 Å². The van der Waals surface area contributed by atoms with Crippen LogP contribution >= 0.6 is 23.1 Å². The lowest BCUT2D eigenvalue weighted by Gasteiger charge is -2.22. The van der Waals surface area contributed by atoms with Crippen LogP contribution in [0.4, 0.5) is 0 Å². The molecule has 3 heterocycles. The first-order valence-electron chi connectivity index (χ1n) is 11.5. The number of ether oxygens (including phenoxy) is 2. The van der Waals surface area contributed by atoms with Crippen molar-refractivity contribution >= 4 is 28.9 Å². The molecule has 180 valence electrons. The standard InChI is InChI=1S/C27H32N2O3S2/c1-8-17(13-27(4,5)6)26(30)24-20-14-32-21-12-22(31-7)23(34-16(2)3)11-19(21)25(20)29(28-24)18-9-10-33-15-18/h8-12,15-16H,13-14H2,1-7H3/b17-8-. The fourth-order valence-corrected chi connectivity index (χ4v) is 5.72. The van der Waals surface area contributed by atoms with E-state index in [2.05, 4.69) is 46.1 Å². The van der Waals surface area contributed by atoms with Crippen LogP contribution < -0.4 is 9.47 Å². The number of methoxy groups -OCH3 is 1. The average molecular weight is 497 g/mol. The molecule has 1 aliphatic heterocycles. The second kappa shape index (κ2) is 9.62. The molecule has 1 aromatic carbocycles. The second-order valence-corrected chi connectivity index (χ2v) is 12.3. The lowest BCUT2D eigenvalue weighted by molar-refractivity contribution is 0.101. The quantitative estimate of drug-likeness (QED) is 0.192. The number of hydrogen-bond acceptors (Lipinski definition) is 6. The van der Waals surface area contributed by atoms with Crippen LogP contribution in [-0.2, 0) is 6.61 Å². The fourth-order valence-electron chi connectivity index (χ4n) is 4.15. The molecule has 5 nitrogen and oxygen atoms in total. The van der Waals surface area contributed by atoms with Crippen LogP contribution in [0.5, 0.6) is 11.5 Å². The number of benzene rings is 1. The molecule has 0 saturated carbocycles. The maximum atomic E-state index is 13.7. The Kier molecular flexibility index (Phi) is 6.97. The number of Topliss-reactive ketones (excluding diaryl/α,β-unsaturated/α-hetero) is 1. The van der Waals surface area contributed by atoms with E-state index in [1.807, 2.05) is 35.2 Å². The van der Waals surface area contributed by atoms with Gasteiger partial charge in [-0.2, -0.15) is 16.4 Å². The Bertz CT molecular complexity index is 1230. The summed E-state index contributed by atoms with van der Waals surface area (Å²) in [6.45, 7) is 13.0. The van der Waals surface area contributed by atoms with Gasteiger partial charge in [-0.25, -0.2) is 4.68 Å². The van der Waals surface area contributed by atoms with Gasteiger partial charge in [0.25, 0.3) is 0 Å². The number of ketones is 1. The minimum absolute atomic E-state index is 0.00386. The second-order valence-electron chi connectivity index (χ2n) is 9.90. The number of nitrogens with zero attached hydrogens (tertiary/aromatic N) is 2. The van der Waals surface area contributed by atoms with Gasteiger partial charge < -0.3 is 9.47 Å². The van der Waals surface area contributed by atoms with Crippen LogP contribution in [0.15, 0.2) is 45.5 Å². The van der Waals surface area contributed by atoms with Crippen molar-refractivity contribution in [1.29, 1.82) is 0 Å². The van der Waals surface area contributed by atoms with E-state index in [1.165, 1.54) is 0 Å². The number of thiophene rings is 1. The number of fused-ring (bicyclic) bond motifs is 3. The van der Waals surface area contributed by atoms with Crippen molar-refractivity contribution in [2.75, 3.05) is 7.11 Å². The normalized spacial score (nSPS) is 13.5. The molecule has 0 aliphatic carbocycles. The number of carbonyl (C=O) groups excluding carboxylic acids is 1. The summed E-state index contributed by atoms with van der Waals surface area (Å²) in [5.41, 5.74) is 4.88. The Morgan fingerprint density at radius 2 is 2.12 bits per heavy atom. The van der Waals surface area contributed by atoms with Crippen LogP contribution in [0, 0.1) is 5.41 Å². The summed E-state index contributed by atoms with van der Waals surface area (Å²) >= 11 is 3.35. The van der Waals surface area contributed by atoms with Gasteiger partial charge in [0.2, 0.25) is 5.78 Å². The molecule has 0 spiro atoms. The Morgan fingerprint density at radius 1 is 1.35 bits per heavy atom. The van der Waals surface area contributed by atoms with E-state index in [-0.39, 0.29) is 11.2 Å². The summed E-state index contributed by atoms with van der Waals surface area (Å²) in [5.74, 6) is 1.51. The van der Waals surface area contributed by atoms with Gasteiger partial charge in [0.05, 0.1) is 23.4 Å². The van der Waals surface area contributed by atoms with Crippen molar-refractivity contribution in [2.24, 2.45) is 5.41 Å². The first-order valence-corrected chi connectivity index (χ1v) is 13.3. The van der Waals surface area contributed by atoms with E-state index in [0.29, 0.717) is 24.0 Å². The molecule has 1 aliphatic rings. The minimum Gasteiger partial charge on any atom is -0.495 e. The summed E-state index contributed by atoms with van der Waals surface area (Å²) in [6.07, 6.45) is 2.61. The largest absolute Gasteiger partial charge is 0.495 e. The van der Waals surface area contributed by atoms with Crippen LogP contribution in [0.2, 0.25) is 0 Å². The number of aromatic nitrogens is 2. The zero-order valence-electron chi connectivity index (χ0n) is 20.9. The molecule has 7 heteroatoms. The van der Waals surface area contributed by atoms with Crippen molar-refractivity contribution in [3.05, 3.63) is 51.9 Å². The molecule has 0 bridgehead atoms. The third kappa shape index (κ3) is 4.82. The first-order chi connectivity index (χ1) is 16.1. The maximum Gasteiger partial charge on any atom is 0.209 e. The van der Waals surface area contributed by atoms with Gasteiger partial charge in [-0.05, 0) is 41.8 Å². The SMILES string of the molecule is C/C=C(/CC(C)(C)C)C(=O)c1nn(-c2ccsc2)c2c1COc1cc(OC)c(SC(C)C)cc1-2. The summed E-state index contributed by atoms with van der Waals surface area (Å²) in [5, 5.41) is 9.35. The van der Waals surface area contributed by atoms with Gasteiger partial charge in [-0.3, -0.25) is 4.79 Å². The van der Waals surface area contributed by atoms with Crippen LogP contribution in [0.25, 0.3) is 16.9 Å². The number of rotatable bonds is 7. The molecule has 0 amide bonds. The fraction of sp³-hybridized carbons (Fsp3) is 0.407. The highest BCUT2D eigenvalue weighted by molar-refractivity contribution is 8.00. The van der Waals surface area contributed by atoms with Crippen molar-refractivity contribution in [3.63, 3.8) is 0 Å². The number of carbonyl (C=O) groups is 1. The monoisotopic (exact) mass is 496 g/mol. The Hall–Kier alpha value is -2.51. The molecule has 0 N–H and O–H groups in total. The lowest BCUT2D eigenvalue weighted by atomic mass is 9.85. The summed E-state index contributed by atoms with van der Waals surface area (Å²) in [4.78, 5) is 14.8. The van der Waals surface area contributed by atoms with E-state index < -0.39 is 0 Å². The van der Waals surface area contributed by atoms with E-state index in [9.17, 15) is 4.79 Å². The van der Waals surface area contributed by atoms with E-state index in [0.717, 1.165) is 44.5 Å². The molecular formula is C27H32N2O3S2. The molecule has 34 heavy (non-hydrogen) atoms. The summed E-state index contributed by atoms with van der Waals surface area (Å²) < 4.78 is 13.7. The predicted molar refractivity (Wildman–Crippen MR) is 141 cm³/mol. The molecule has 4 rings (SSSR count). The van der Waals surface area contributed by atoms with Crippen molar-refractivity contribution < 1.29 is 14.3 Å². The number of thioether (sulfide) groups is 1. The number of allylic oxidation sites excluding steroid dienone is 2. The minimum atomic E-state index is -0.0278. The van der Waals surface area contributed by atoms with Crippen LogP contribution in [0.1, 0.15) is 64.0 Å². The van der Waals surface area contributed by atoms with Crippen molar-refractivity contribution in [2.45, 2.75) is 64.7 Å². The molecule has 0 radical (unpaired) electrons. The highest BCUT2D eigenvalue weighted by Gasteiger charge is 2.33. The van der Waals surface area contributed by atoms with Crippen molar-refractivity contribution in [1.82, 2.24) is 9.78 Å². The highest BCUT2D eigenvalue weighted by atomic mass is 32.2. The third-order valence-corrected chi connectivity index (χ3v) is 7.28. The zero-order valence-corrected chi connectivity index (χ0v) is 22.5. The average Bonchev–Trinajstić information content (AvgIpc) is 3.43. The van der Waals surface area contributed by atoms with E-state index in [4.69, 9.17) is 14.6 Å². The van der Waals surface area contributed by atoms with Crippen LogP contribution in [0.3, 0.4) is 0 Å². The third-order valence-electron chi connectivity index (χ3n) is 5.57. The van der Waals surface area contributed by atoms with Crippen molar-refractivity contribution in [3.8, 4) is 28.4 Å². The van der Waals surface area contributed by atoms with E-state index in [1.54, 1.807) is 30.2 Å². The topological polar surface area (TPSA) is 53.4 Å². The number of hydrogen-bond donors (Lipinski definition) is 0. The maximum absolute atomic E-state index is 13.7. The smallest absolute Gasteiger partial charge is 0.209 e. The van der Waals surface area contributed by atoms with Gasteiger partial charge >= 0.3 is 0 Å². The Balaban J connectivity index is 1.91. The Morgan fingerprint density at radius 3 is 2.71 bits per heavy atom. The summed E-state index contributed by atoms with van der Waals surface area (Å²) in [7, 11) is 1.68. The molecule has 0 unspecified atom stereocenters. The van der Waals surface area contributed by atoms with Crippen LogP contribution in [-0.4, -0.2) is 27.9 Å².